The van der Waals surface area contributed by atoms with Gasteiger partial charge in [0.1, 0.15) is 5.75 Å². The highest BCUT2D eigenvalue weighted by Crippen LogP contribution is 2.10. The maximum atomic E-state index is 11.8. The molecule has 0 rings (SSSR count). The number of sulfone groups is 1. The molecule has 16 heavy (non-hydrogen) atoms. The lowest BCUT2D eigenvalue weighted by molar-refractivity contribution is -0.137. The maximum absolute atomic E-state index is 11.8. The molecular weight excluding hydrogens is 230 g/mol. The van der Waals surface area contributed by atoms with Crippen LogP contribution in [0.15, 0.2) is 0 Å². The number of hydrogen-bond acceptors (Lipinski definition) is 5. The lowest BCUT2D eigenvalue weighted by atomic mass is 10.2. The molecule has 0 saturated heterocycles. The van der Waals surface area contributed by atoms with Crippen molar-refractivity contribution < 1.29 is 17.9 Å². The first-order valence-corrected chi connectivity index (χ1v) is 7.12. The Hall–Kier alpha value is -0.620. The normalized spacial score (nSPS) is 15.5. The zero-order chi connectivity index (χ0) is 12.8. The fourth-order valence-corrected chi connectivity index (χ4v) is 3.01. The van der Waals surface area contributed by atoms with Gasteiger partial charge in [-0.25, -0.2) is 8.42 Å². The molecule has 96 valence electrons. The Bertz CT molecular complexity index is 313. The number of ether oxygens (including phenoxy) is 1. The highest BCUT2D eigenvalue weighted by molar-refractivity contribution is 7.92. The number of methoxy groups -OCH3 is 1. The van der Waals surface area contributed by atoms with Gasteiger partial charge in [0.2, 0.25) is 0 Å². The third-order valence-corrected chi connectivity index (χ3v) is 4.69. The van der Waals surface area contributed by atoms with Crippen LogP contribution in [0.2, 0.25) is 0 Å². The molecule has 0 saturated carbocycles. The average molecular weight is 251 g/mol. The van der Waals surface area contributed by atoms with E-state index < -0.39 is 26.8 Å². The van der Waals surface area contributed by atoms with Crippen LogP contribution in [0.3, 0.4) is 0 Å². The van der Waals surface area contributed by atoms with Crippen molar-refractivity contribution in [1.82, 2.24) is 5.32 Å². The first-order valence-electron chi connectivity index (χ1n) is 5.40. The molecule has 0 aliphatic heterocycles. The van der Waals surface area contributed by atoms with Crippen molar-refractivity contribution in [1.29, 1.82) is 0 Å². The van der Waals surface area contributed by atoms with Crippen molar-refractivity contribution >= 4 is 15.8 Å². The van der Waals surface area contributed by atoms with E-state index in [-0.39, 0.29) is 6.04 Å². The first kappa shape index (κ1) is 15.4. The lowest BCUT2D eigenvalue weighted by Crippen LogP contribution is -2.43. The van der Waals surface area contributed by atoms with E-state index in [1.54, 1.807) is 6.92 Å². The van der Waals surface area contributed by atoms with Crippen molar-refractivity contribution in [2.45, 2.75) is 38.5 Å². The van der Waals surface area contributed by atoms with Crippen LogP contribution in [-0.2, 0) is 19.4 Å². The molecule has 0 aromatic rings. The molecule has 0 fully saturated rings. The zero-order valence-electron chi connectivity index (χ0n) is 10.3. The molecule has 0 bridgehead atoms. The topological polar surface area (TPSA) is 72.5 Å². The summed E-state index contributed by atoms with van der Waals surface area (Å²) in [6.45, 7) is 6.16. The number of esters is 1. The van der Waals surface area contributed by atoms with E-state index in [0.717, 1.165) is 0 Å². The molecule has 1 N–H and O–H groups in total. The molecule has 6 heteroatoms. The Morgan fingerprint density at radius 1 is 1.38 bits per heavy atom. The summed E-state index contributed by atoms with van der Waals surface area (Å²) >= 11 is 0. The Morgan fingerprint density at radius 2 is 1.94 bits per heavy atom. The summed E-state index contributed by atoms with van der Waals surface area (Å²) in [6.07, 6.45) is 0.704. The van der Waals surface area contributed by atoms with Crippen molar-refractivity contribution in [3.8, 4) is 0 Å². The standard InChI is InChI=1S/C10H21NO4S/c1-5-9(11-6-2)8(3)16(13,14)7-10(12)15-4/h8-9,11H,5-7H2,1-4H3. The number of rotatable bonds is 7. The minimum Gasteiger partial charge on any atom is -0.468 e. The second-order valence-corrected chi connectivity index (χ2v) is 6.02. The Labute approximate surface area is 97.5 Å². The van der Waals surface area contributed by atoms with Gasteiger partial charge in [0, 0.05) is 6.04 Å². The Balaban J connectivity index is 4.66. The molecule has 0 radical (unpaired) electrons. The van der Waals surface area contributed by atoms with Gasteiger partial charge in [-0.3, -0.25) is 4.79 Å². The van der Waals surface area contributed by atoms with Crippen molar-refractivity contribution in [3.63, 3.8) is 0 Å². The summed E-state index contributed by atoms with van der Waals surface area (Å²) in [6, 6.07) is -0.125. The average Bonchev–Trinajstić information content (AvgIpc) is 2.24. The molecule has 0 aromatic heterocycles. The van der Waals surface area contributed by atoms with Crippen LogP contribution in [0.4, 0.5) is 0 Å². The van der Waals surface area contributed by atoms with E-state index in [1.165, 1.54) is 7.11 Å². The van der Waals surface area contributed by atoms with Crippen molar-refractivity contribution in [2.24, 2.45) is 0 Å². The highest BCUT2D eigenvalue weighted by Gasteiger charge is 2.30. The van der Waals surface area contributed by atoms with Crippen LogP contribution in [0.1, 0.15) is 27.2 Å². The molecule has 0 aliphatic rings. The maximum Gasteiger partial charge on any atom is 0.320 e. The molecule has 2 unspecified atom stereocenters. The second kappa shape index (κ2) is 6.85. The number of carbonyl (C=O) groups is 1. The van der Waals surface area contributed by atoms with Gasteiger partial charge < -0.3 is 10.1 Å². The Morgan fingerprint density at radius 3 is 2.31 bits per heavy atom. The molecule has 2 atom stereocenters. The number of nitrogens with one attached hydrogen (secondary N) is 1. The summed E-state index contributed by atoms with van der Waals surface area (Å²) in [5.41, 5.74) is 0. The predicted octanol–water partition coefficient (Wildman–Crippen LogP) is 0.351. The van der Waals surface area contributed by atoms with E-state index >= 15 is 0 Å². The Kier molecular flexibility index (Phi) is 6.59. The number of carbonyl (C=O) groups excluding carboxylic acids is 1. The number of hydrogen-bond donors (Lipinski definition) is 1. The van der Waals surface area contributed by atoms with Crippen LogP contribution in [0, 0.1) is 0 Å². The quantitative estimate of drug-likeness (QED) is 0.661. The molecule has 0 aromatic carbocycles. The fraction of sp³-hybridized carbons (Fsp3) is 0.900. The van der Waals surface area contributed by atoms with Gasteiger partial charge >= 0.3 is 5.97 Å². The molecule has 0 heterocycles. The summed E-state index contributed by atoms with van der Waals surface area (Å²) in [5, 5.41) is 2.51. The van der Waals surface area contributed by atoms with Gasteiger partial charge in [0.15, 0.2) is 9.84 Å². The van der Waals surface area contributed by atoms with Gasteiger partial charge in [-0.1, -0.05) is 13.8 Å². The van der Waals surface area contributed by atoms with E-state index in [9.17, 15) is 13.2 Å². The van der Waals surface area contributed by atoms with Crippen LogP contribution in [0.5, 0.6) is 0 Å². The SMILES string of the molecule is CCNC(CC)C(C)S(=O)(=O)CC(=O)OC. The van der Waals surface area contributed by atoms with Crippen molar-refractivity contribution in [3.05, 3.63) is 0 Å². The zero-order valence-corrected chi connectivity index (χ0v) is 11.1. The van der Waals surface area contributed by atoms with Gasteiger partial charge in [-0.05, 0) is 19.9 Å². The van der Waals surface area contributed by atoms with Crippen LogP contribution in [-0.4, -0.2) is 45.1 Å². The monoisotopic (exact) mass is 251 g/mol. The molecule has 0 amide bonds. The van der Waals surface area contributed by atoms with Gasteiger partial charge in [0.25, 0.3) is 0 Å². The minimum atomic E-state index is -3.44. The van der Waals surface area contributed by atoms with Gasteiger partial charge in [0.05, 0.1) is 12.4 Å². The van der Waals surface area contributed by atoms with Gasteiger partial charge in [-0.15, -0.1) is 0 Å². The molecule has 0 aliphatic carbocycles. The van der Waals surface area contributed by atoms with Gasteiger partial charge in [-0.2, -0.15) is 0 Å². The molecular formula is C10H21NO4S. The summed E-state index contributed by atoms with van der Waals surface area (Å²) < 4.78 is 28.0. The largest absolute Gasteiger partial charge is 0.468 e. The minimum absolute atomic E-state index is 0.125. The van der Waals surface area contributed by atoms with E-state index in [4.69, 9.17) is 0 Å². The summed E-state index contributed by atoms with van der Waals surface area (Å²) in [7, 11) is -2.26. The first-order chi connectivity index (χ1) is 7.38. The summed E-state index contributed by atoms with van der Waals surface area (Å²) in [4.78, 5) is 11.0. The van der Waals surface area contributed by atoms with E-state index in [2.05, 4.69) is 10.1 Å². The highest BCUT2D eigenvalue weighted by atomic mass is 32.2. The van der Waals surface area contributed by atoms with E-state index in [0.29, 0.717) is 13.0 Å². The van der Waals surface area contributed by atoms with Crippen molar-refractivity contribution in [2.75, 3.05) is 19.4 Å². The molecule has 5 nitrogen and oxygen atoms in total. The summed E-state index contributed by atoms with van der Waals surface area (Å²) in [5.74, 6) is -1.26. The third-order valence-electron chi connectivity index (χ3n) is 2.59. The third kappa shape index (κ3) is 4.49. The molecule has 0 spiro atoms. The smallest absolute Gasteiger partial charge is 0.320 e. The van der Waals surface area contributed by atoms with Crippen LogP contribution in [0.25, 0.3) is 0 Å². The lowest BCUT2D eigenvalue weighted by Gasteiger charge is -2.23. The van der Waals surface area contributed by atoms with Crippen LogP contribution >= 0.6 is 0 Å². The fourth-order valence-electron chi connectivity index (χ4n) is 1.51. The second-order valence-electron chi connectivity index (χ2n) is 3.66. The van der Waals surface area contributed by atoms with E-state index in [1.807, 2.05) is 13.8 Å². The van der Waals surface area contributed by atoms with Crippen LogP contribution < -0.4 is 5.32 Å². The predicted molar refractivity (Wildman–Crippen MR) is 63.0 cm³/mol.